The van der Waals surface area contributed by atoms with Crippen LogP contribution in [0, 0.1) is 6.92 Å². The van der Waals surface area contributed by atoms with Gasteiger partial charge in [0.2, 0.25) is 0 Å². The van der Waals surface area contributed by atoms with E-state index >= 15 is 0 Å². The smallest absolute Gasteiger partial charge is 0.269 e. The van der Waals surface area contributed by atoms with E-state index in [0.29, 0.717) is 22.5 Å². The molecule has 5 rings (SSSR count). The van der Waals surface area contributed by atoms with Crippen molar-refractivity contribution in [1.82, 2.24) is 18.5 Å². The minimum absolute atomic E-state index is 0.202. The largest absolute Gasteiger partial charge is 0.497 e. The molecule has 156 valence electrons. The summed E-state index contributed by atoms with van der Waals surface area (Å²) in [6, 6.07) is 14.4. The third kappa shape index (κ3) is 2.98. The zero-order chi connectivity index (χ0) is 21.8. The van der Waals surface area contributed by atoms with Crippen molar-refractivity contribution in [1.29, 1.82) is 0 Å². The third-order valence-electron chi connectivity index (χ3n) is 5.45. The van der Waals surface area contributed by atoms with E-state index < -0.39 is 10.0 Å². The van der Waals surface area contributed by atoms with Gasteiger partial charge in [-0.3, -0.25) is 0 Å². The Balaban J connectivity index is 1.86. The molecule has 0 aliphatic carbocycles. The van der Waals surface area contributed by atoms with Gasteiger partial charge in [0, 0.05) is 41.3 Å². The average molecular weight is 433 g/mol. The van der Waals surface area contributed by atoms with Gasteiger partial charge in [-0.2, -0.15) is 0 Å². The number of benzene rings is 2. The highest BCUT2D eigenvalue weighted by Crippen LogP contribution is 2.37. The molecule has 8 heteroatoms. The number of hydrogen-bond donors (Lipinski definition) is 0. The van der Waals surface area contributed by atoms with Crippen LogP contribution in [0.2, 0.25) is 0 Å². The molecular formula is C23H20N4O3S. The number of fused-ring (bicyclic) bond motifs is 2. The summed E-state index contributed by atoms with van der Waals surface area (Å²) in [5.74, 6) is 0.698. The lowest BCUT2D eigenvalue weighted by molar-refractivity contribution is 0.415. The van der Waals surface area contributed by atoms with Crippen LogP contribution in [0.1, 0.15) is 5.56 Å². The molecule has 7 nitrogen and oxygen atoms in total. The Labute approximate surface area is 179 Å². The van der Waals surface area contributed by atoms with Crippen molar-refractivity contribution in [2.75, 3.05) is 7.11 Å². The van der Waals surface area contributed by atoms with Crippen LogP contribution >= 0.6 is 0 Å². The molecule has 0 bridgehead atoms. The van der Waals surface area contributed by atoms with E-state index in [9.17, 15) is 8.42 Å². The van der Waals surface area contributed by atoms with Gasteiger partial charge in [-0.25, -0.2) is 22.4 Å². The number of rotatable bonds is 4. The normalized spacial score (nSPS) is 12.0. The second kappa shape index (κ2) is 6.95. The van der Waals surface area contributed by atoms with Crippen LogP contribution in [-0.2, 0) is 17.1 Å². The van der Waals surface area contributed by atoms with Gasteiger partial charge in [-0.05, 0) is 43.3 Å². The maximum Gasteiger partial charge on any atom is 0.269 e. The zero-order valence-electron chi connectivity index (χ0n) is 17.3. The molecule has 3 aromatic heterocycles. The van der Waals surface area contributed by atoms with E-state index in [1.165, 1.54) is 10.3 Å². The molecule has 5 aromatic rings. The van der Waals surface area contributed by atoms with Gasteiger partial charge in [0.05, 0.1) is 17.7 Å². The molecular weight excluding hydrogens is 412 g/mol. The Bertz CT molecular complexity index is 1550. The summed E-state index contributed by atoms with van der Waals surface area (Å²) in [6.07, 6.45) is 4.91. The first-order chi connectivity index (χ1) is 14.9. The quantitative estimate of drug-likeness (QED) is 0.426. The summed E-state index contributed by atoms with van der Waals surface area (Å²) in [6.45, 7) is 1.92. The first-order valence-electron chi connectivity index (χ1n) is 9.67. The van der Waals surface area contributed by atoms with Crippen molar-refractivity contribution < 1.29 is 13.2 Å². The van der Waals surface area contributed by atoms with E-state index in [1.54, 1.807) is 37.6 Å². The van der Waals surface area contributed by atoms with E-state index in [1.807, 2.05) is 49.0 Å². The van der Waals surface area contributed by atoms with Gasteiger partial charge >= 0.3 is 0 Å². The van der Waals surface area contributed by atoms with Crippen LogP contribution < -0.4 is 4.74 Å². The monoisotopic (exact) mass is 432 g/mol. The standard InChI is InChI=1S/C23H20N4O3S/c1-15-4-7-18(8-5-15)31(28,29)27-22(10-16-12-24-14-25-23(16)27)20-13-26(2)21-9-6-17(30-3)11-19(20)21/h4-14H,1-3H3. The Morgan fingerprint density at radius 3 is 2.55 bits per heavy atom. The fourth-order valence-electron chi connectivity index (χ4n) is 3.87. The summed E-state index contributed by atoms with van der Waals surface area (Å²) in [4.78, 5) is 8.58. The lowest BCUT2D eigenvalue weighted by Gasteiger charge is -2.11. The van der Waals surface area contributed by atoms with Crippen molar-refractivity contribution in [2.24, 2.45) is 7.05 Å². The fraction of sp³-hybridized carbons (Fsp3) is 0.130. The molecule has 0 N–H and O–H groups in total. The molecule has 0 unspecified atom stereocenters. The summed E-state index contributed by atoms with van der Waals surface area (Å²) in [5.41, 5.74) is 3.58. The maximum atomic E-state index is 13.8. The lowest BCUT2D eigenvalue weighted by Crippen LogP contribution is -2.14. The molecule has 0 fully saturated rings. The number of aromatic nitrogens is 4. The summed E-state index contributed by atoms with van der Waals surface area (Å²) in [7, 11) is -0.368. The minimum Gasteiger partial charge on any atom is -0.497 e. The first kappa shape index (κ1) is 19.3. The van der Waals surface area contributed by atoms with Crippen LogP contribution in [0.4, 0.5) is 0 Å². The molecule has 0 aliphatic rings. The number of methoxy groups -OCH3 is 1. The second-order valence-electron chi connectivity index (χ2n) is 7.45. The van der Waals surface area contributed by atoms with Crippen molar-refractivity contribution in [2.45, 2.75) is 11.8 Å². The minimum atomic E-state index is -3.91. The maximum absolute atomic E-state index is 13.8. The Morgan fingerprint density at radius 2 is 1.81 bits per heavy atom. The molecule has 0 saturated heterocycles. The second-order valence-corrected chi connectivity index (χ2v) is 9.24. The van der Waals surface area contributed by atoms with Crippen LogP contribution in [0.15, 0.2) is 72.1 Å². The van der Waals surface area contributed by atoms with Crippen LogP contribution in [0.25, 0.3) is 33.2 Å². The highest BCUT2D eigenvalue weighted by atomic mass is 32.2. The predicted octanol–water partition coefficient (Wildman–Crippen LogP) is 4.14. The fourth-order valence-corrected chi connectivity index (χ4v) is 5.35. The van der Waals surface area contributed by atoms with Gasteiger partial charge in [-0.15, -0.1) is 0 Å². The van der Waals surface area contributed by atoms with E-state index in [2.05, 4.69) is 9.97 Å². The third-order valence-corrected chi connectivity index (χ3v) is 7.17. The number of aryl methyl sites for hydroxylation is 2. The van der Waals surface area contributed by atoms with Crippen molar-refractivity contribution >= 4 is 32.0 Å². The predicted molar refractivity (Wildman–Crippen MR) is 120 cm³/mol. The van der Waals surface area contributed by atoms with E-state index in [4.69, 9.17) is 4.74 Å². The summed E-state index contributed by atoms with van der Waals surface area (Å²) in [5, 5.41) is 1.53. The molecule has 31 heavy (non-hydrogen) atoms. The Hall–Kier alpha value is -3.65. The van der Waals surface area contributed by atoms with Crippen molar-refractivity contribution in [3.05, 3.63) is 72.8 Å². The number of hydrogen-bond acceptors (Lipinski definition) is 5. The Kier molecular flexibility index (Phi) is 4.33. The first-order valence-corrected chi connectivity index (χ1v) is 11.1. The van der Waals surface area contributed by atoms with Gasteiger partial charge < -0.3 is 9.30 Å². The Morgan fingerprint density at radius 1 is 1.03 bits per heavy atom. The molecule has 2 aromatic carbocycles. The van der Waals surface area contributed by atoms with Crippen LogP contribution in [-0.4, -0.2) is 34.0 Å². The number of ether oxygens (including phenoxy) is 1. The summed E-state index contributed by atoms with van der Waals surface area (Å²) >= 11 is 0. The topological polar surface area (TPSA) is 79.0 Å². The average Bonchev–Trinajstić information content (AvgIpc) is 3.32. The molecule has 0 saturated carbocycles. The van der Waals surface area contributed by atoms with E-state index in [-0.39, 0.29) is 4.90 Å². The summed E-state index contributed by atoms with van der Waals surface area (Å²) < 4.78 is 36.2. The zero-order valence-corrected chi connectivity index (χ0v) is 18.1. The lowest BCUT2D eigenvalue weighted by atomic mass is 10.1. The number of nitrogens with zero attached hydrogens (tertiary/aromatic N) is 4. The molecule has 0 atom stereocenters. The highest BCUT2D eigenvalue weighted by Gasteiger charge is 2.26. The molecule has 0 spiro atoms. The van der Waals surface area contributed by atoms with Gasteiger partial charge in [-0.1, -0.05) is 17.7 Å². The van der Waals surface area contributed by atoms with Crippen molar-refractivity contribution in [3.63, 3.8) is 0 Å². The highest BCUT2D eigenvalue weighted by molar-refractivity contribution is 7.90. The SMILES string of the molecule is COc1ccc2c(c1)c(-c1cc3cncnc3n1S(=O)(=O)c1ccc(C)cc1)cn2C. The van der Waals surface area contributed by atoms with E-state index in [0.717, 1.165) is 22.0 Å². The van der Waals surface area contributed by atoms with Gasteiger partial charge in [0.25, 0.3) is 10.0 Å². The van der Waals surface area contributed by atoms with Crippen LogP contribution in [0.5, 0.6) is 5.75 Å². The molecule has 0 amide bonds. The van der Waals surface area contributed by atoms with Gasteiger partial charge in [0.15, 0.2) is 5.65 Å². The van der Waals surface area contributed by atoms with Crippen molar-refractivity contribution in [3.8, 4) is 17.0 Å². The van der Waals surface area contributed by atoms with Gasteiger partial charge in [0.1, 0.15) is 12.1 Å². The molecule has 0 aliphatic heterocycles. The molecule has 3 heterocycles. The molecule has 0 radical (unpaired) electrons. The van der Waals surface area contributed by atoms with Crippen LogP contribution in [0.3, 0.4) is 0 Å².